The zero-order valence-electron chi connectivity index (χ0n) is 43.9. The van der Waals surface area contributed by atoms with Crippen LogP contribution in [0.25, 0.3) is 118 Å². The molecule has 6 nitrogen and oxygen atoms in total. The molecule has 17 rings (SSSR count). The highest BCUT2D eigenvalue weighted by Gasteiger charge is 2.41. The van der Waals surface area contributed by atoms with Gasteiger partial charge in [0.2, 0.25) is 0 Å². The molecular formula is C75H48N6. The molecular weight excluding hydrogens is 985 g/mol. The molecule has 3 aromatic heterocycles. The van der Waals surface area contributed by atoms with Crippen molar-refractivity contribution in [1.82, 2.24) is 29.5 Å². The van der Waals surface area contributed by atoms with E-state index in [-0.39, 0.29) is 11.8 Å². The molecule has 14 aromatic rings. The first-order chi connectivity index (χ1) is 40.1. The third-order valence-corrected chi connectivity index (χ3v) is 16.5. The highest BCUT2D eigenvalue weighted by Crippen LogP contribution is 2.57. The highest BCUT2D eigenvalue weighted by molar-refractivity contribution is 6.10. The van der Waals surface area contributed by atoms with Gasteiger partial charge in [-0.25, -0.2) is 24.9 Å². The number of rotatable bonds is 9. The second kappa shape index (κ2) is 19.0. The van der Waals surface area contributed by atoms with Crippen molar-refractivity contribution in [2.75, 3.05) is 0 Å². The highest BCUT2D eigenvalue weighted by atomic mass is 15.0. The van der Waals surface area contributed by atoms with Crippen LogP contribution in [0.15, 0.2) is 279 Å². The molecule has 0 aliphatic heterocycles. The molecule has 3 heterocycles. The Balaban J connectivity index is 0.778. The van der Waals surface area contributed by atoms with Crippen molar-refractivity contribution in [3.05, 3.63) is 312 Å². The van der Waals surface area contributed by atoms with E-state index in [2.05, 4.69) is 253 Å². The molecule has 0 saturated heterocycles. The Bertz CT molecular complexity index is 4690. The topological polar surface area (TPSA) is 69.4 Å². The molecule has 2 atom stereocenters. The molecule has 3 aliphatic carbocycles. The number of para-hydroxylation sites is 2. The van der Waals surface area contributed by atoms with E-state index in [0.29, 0.717) is 23.3 Å². The largest absolute Gasteiger partial charge is 0.309 e. The fourth-order valence-corrected chi connectivity index (χ4v) is 12.7. The van der Waals surface area contributed by atoms with Crippen molar-refractivity contribution in [1.29, 1.82) is 0 Å². The Morgan fingerprint density at radius 2 is 0.679 bits per heavy atom. The molecule has 81 heavy (non-hydrogen) atoms. The fraction of sp³-hybridized carbons (Fsp3) is 0.0267. The van der Waals surface area contributed by atoms with Gasteiger partial charge < -0.3 is 4.57 Å². The van der Waals surface area contributed by atoms with Gasteiger partial charge in [0.15, 0.2) is 23.3 Å². The van der Waals surface area contributed by atoms with Crippen LogP contribution in [0.3, 0.4) is 0 Å². The van der Waals surface area contributed by atoms with Gasteiger partial charge in [0.25, 0.3) is 0 Å². The molecule has 378 valence electrons. The van der Waals surface area contributed by atoms with Crippen LogP contribution in [-0.4, -0.2) is 29.5 Å². The van der Waals surface area contributed by atoms with Gasteiger partial charge >= 0.3 is 0 Å². The van der Waals surface area contributed by atoms with Crippen LogP contribution < -0.4 is 0 Å². The molecule has 2 bridgehead atoms. The van der Waals surface area contributed by atoms with E-state index in [1.807, 2.05) is 30.3 Å². The lowest BCUT2D eigenvalue weighted by Crippen LogP contribution is -2.27. The summed E-state index contributed by atoms with van der Waals surface area (Å²) >= 11 is 0. The van der Waals surface area contributed by atoms with Crippen LogP contribution in [0, 0.1) is 0 Å². The number of benzene rings is 11. The average molecular weight is 1030 g/mol. The maximum atomic E-state index is 5.31. The van der Waals surface area contributed by atoms with Crippen LogP contribution in [-0.2, 0) is 0 Å². The van der Waals surface area contributed by atoms with Crippen molar-refractivity contribution < 1.29 is 0 Å². The molecule has 6 heteroatoms. The predicted molar refractivity (Wildman–Crippen MR) is 328 cm³/mol. The minimum absolute atomic E-state index is 0.0825. The summed E-state index contributed by atoms with van der Waals surface area (Å²) in [6.45, 7) is 0. The van der Waals surface area contributed by atoms with E-state index in [9.17, 15) is 0 Å². The fourth-order valence-electron chi connectivity index (χ4n) is 12.7. The molecule has 2 unspecified atom stereocenters. The summed E-state index contributed by atoms with van der Waals surface area (Å²) in [7, 11) is 0. The van der Waals surface area contributed by atoms with Gasteiger partial charge in [0.1, 0.15) is 0 Å². The first kappa shape index (κ1) is 46.4. The summed E-state index contributed by atoms with van der Waals surface area (Å²) in [4.78, 5) is 26.2. The van der Waals surface area contributed by atoms with E-state index in [1.165, 1.54) is 44.3 Å². The number of hydrogen-bond donors (Lipinski definition) is 0. The van der Waals surface area contributed by atoms with Crippen molar-refractivity contribution >= 4 is 21.8 Å². The first-order valence-corrected chi connectivity index (χ1v) is 27.6. The lowest BCUT2D eigenvalue weighted by atomic mass is 9.60. The zero-order chi connectivity index (χ0) is 53.4. The van der Waals surface area contributed by atoms with Crippen LogP contribution in [0.2, 0.25) is 0 Å². The summed E-state index contributed by atoms with van der Waals surface area (Å²) in [5.74, 6) is 2.73. The molecule has 0 radical (unpaired) electrons. The van der Waals surface area contributed by atoms with Gasteiger partial charge in [-0.05, 0) is 110 Å². The van der Waals surface area contributed by atoms with Crippen molar-refractivity contribution in [3.63, 3.8) is 0 Å². The summed E-state index contributed by atoms with van der Waals surface area (Å²) in [6, 6.07) is 99.4. The van der Waals surface area contributed by atoms with Crippen molar-refractivity contribution in [3.8, 4) is 96.0 Å². The molecule has 0 saturated carbocycles. The summed E-state index contributed by atoms with van der Waals surface area (Å²) < 4.78 is 2.33. The SMILES string of the molecule is c1ccc(-c2cc(-c3ccc4c(c3)C3c5ccccc5C4c4cc(-c5ccc(-c6nc(-c7ccc8c(c7)c7ccccc7n8-c7ccccc7)nc(-c7ccccc7-c7ccccc7)n6)cc5)ccc43)nc(-c3ccccc3)n2)cc1. The van der Waals surface area contributed by atoms with E-state index < -0.39 is 0 Å². The van der Waals surface area contributed by atoms with E-state index in [0.717, 1.165) is 83.6 Å². The van der Waals surface area contributed by atoms with E-state index >= 15 is 0 Å². The quantitative estimate of drug-likeness (QED) is 0.144. The van der Waals surface area contributed by atoms with Crippen molar-refractivity contribution in [2.24, 2.45) is 0 Å². The second-order valence-corrected chi connectivity index (χ2v) is 21.1. The Morgan fingerprint density at radius 3 is 1.37 bits per heavy atom. The zero-order valence-corrected chi connectivity index (χ0v) is 43.9. The third-order valence-electron chi connectivity index (χ3n) is 16.5. The predicted octanol–water partition coefficient (Wildman–Crippen LogP) is 18.1. The van der Waals surface area contributed by atoms with Gasteiger partial charge in [0, 0.05) is 61.7 Å². The van der Waals surface area contributed by atoms with Gasteiger partial charge in [-0.15, -0.1) is 0 Å². The van der Waals surface area contributed by atoms with Crippen LogP contribution >= 0.6 is 0 Å². The minimum atomic E-state index is 0.0825. The van der Waals surface area contributed by atoms with Crippen LogP contribution in [0.4, 0.5) is 0 Å². The molecule has 11 aromatic carbocycles. The maximum Gasteiger partial charge on any atom is 0.164 e. The van der Waals surface area contributed by atoms with E-state index in [1.54, 1.807) is 0 Å². The van der Waals surface area contributed by atoms with Gasteiger partial charge in [-0.2, -0.15) is 0 Å². The first-order valence-electron chi connectivity index (χ1n) is 27.6. The Kier molecular flexibility index (Phi) is 10.9. The second-order valence-electron chi connectivity index (χ2n) is 21.1. The Hall–Kier alpha value is -10.7. The molecule has 0 fully saturated rings. The number of hydrogen-bond acceptors (Lipinski definition) is 5. The van der Waals surface area contributed by atoms with Crippen molar-refractivity contribution in [2.45, 2.75) is 11.8 Å². The van der Waals surface area contributed by atoms with Gasteiger partial charge in [-0.1, -0.05) is 224 Å². The minimum Gasteiger partial charge on any atom is -0.309 e. The normalized spacial score (nSPS) is 13.9. The monoisotopic (exact) mass is 1030 g/mol. The smallest absolute Gasteiger partial charge is 0.164 e. The standard InChI is InChI=1S/C75H48N6/c1-5-19-48(20-6-1)56-27-13-16-31-62(56)75-79-73(78-74(80-75)54-39-42-69-63(45-54)57-28-17-18-32-68(57)81(69)55-25-11-4-12-26-55)51-35-33-47(34-36-51)52-37-40-60-64(43-52)70-58-29-14-15-30-59(58)71(60)65-44-53(38-41-61(65)70)67-46-66(49-21-7-2-8-22-49)76-72(77-67)50-23-9-3-10-24-50/h1-46,70-71H. The lowest BCUT2D eigenvalue weighted by Gasteiger charge is -2.42. The molecule has 0 N–H and O–H groups in total. The summed E-state index contributed by atoms with van der Waals surface area (Å²) in [5, 5.41) is 2.31. The van der Waals surface area contributed by atoms with Crippen LogP contribution in [0.1, 0.15) is 45.2 Å². The summed E-state index contributed by atoms with van der Waals surface area (Å²) in [5.41, 5.74) is 23.7. The number of nitrogens with zero attached hydrogens (tertiary/aromatic N) is 6. The molecule has 3 aliphatic rings. The Labute approximate surface area is 469 Å². The van der Waals surface area contributed by atoms with Gasteiger partial charge in [0.05, 0.1) is 22.4 Å². The Morgan fingerprint density at radius 1 is 0.235 bits per heavy atom. The lowest BCUT2D eigenvalue weighted by molar-refractivity contribution is 0.755. The maximum absolute atomic E-state index is 5.31. The van der Waals surface area contributed by atoms with E-state index in [4.69, 9.17) is 24.9 Å². The number of fused-ring (bicyclic) bond motifs is 3. The van der Waals surface area contributed by atoms with Crippen LogP contribution in [0.5, 0.6) is 0 Å². The number of aromatic nitrogens is 6. The summed E-state index contributed by atoms with van der Waals surface area (Å²) in [6.07, 6.45) is 0. The van der Waals surface area contributed by atoms with Gasteiger partial charge in [-0.3, -0.25) is 0 Å². The molecule has 0 spiro atoms. The third kappa shape index (κ3) is 7.90. The average Bonchev–Trinajstić information content (AvgIpc) is 3.95. The molecule has 0 amide bonds.